The zero-order chi connectivity index (χ0) is 11.6. The van der Waals surface area contributed by atoms with Crippen LogP contribution in [0.25, 0.3) is 0 Å². The zero-order valence-corrected chi connectivity index (χ0v) is 10.0. The molecule has 2 rings (SSSR count). The number of ether oxygens (including phenoxy) is 1. The molecule has 0 aromatic rings. The minimum Gasteiger partial charge on any atom is -0.386 e. The SMILES string of the molecule is COC1CCCCC1(O)C1(C#N)CCCC1. The number of hydrogen-bond acceptors (Lipinski definition) is 3. The monoisotopic (exact) mass is 223 g/mol. The van der Waals surface area contributed by atoms with Crippen molar-refractivity contribution in [2.45, 2.75) is 63.1 Å². The quantitative estimate of drug-likeness (QED) is 0.782. The lowest BCUT2D eigenvalue weighted by Gasteiger charge is -2.47. The molecule has 0 saturated heterocycles. The minimum atomic E-state index is -0.911. The van der Waals surface area contributed by atoms with Crippen LogP contribution in [0.3, 0.4) is 0 Å². The summed E-state index contributed by atoms with van der Waals surface area (Å²) in [5.41, 5.74) is -1.46. The van der Waals surface area contributed by atoms with Gasteiger partial charge in [-0.25, -0.2) is 0 Å². The van der Waals surface area contributed by atoms with Crippen LogP contribution in [0.5, 0.6) is 0 Å². The van der Waals surface area contributed by atoms with Gasteiger partial charge in [-0.2, -0.15) is 5.26 Å². The molecule has 3 heteroatoms. The van der Waals surface area contributed by atoms with Gasteiger partial charge in [-0.1, -0.05) is 25.7 Å². The second kappa shape index (κ2) is 4.35. The molecule has 0 bridgehead atoms. The molecule has 3 nitrogen and oxygen atoms in total. The highest BCUT2D eigenvalue weighted by Crippen LogP contribution is 2.52. The van der Waals surface area contributed by atoms with E-state index in [1.165, 1.54) is 0 Å². The first kappa shape index (κ1) is 11.9. The molecule has 2 saturated carbocycles. The Hall–Kier alpha value is -0.590. The zero-order valence-electron chi connectivity index (χ0n) is 10.0. The van der Waals surface area contributed by atoms with Crippen LogP contribution < -0.4 is 0 Å². The van der Waals surface area contributed by atoms with Crippen LogP contribution >= 0.6 is 0 Å². The molecular formula is C13H21NO2. The van der Waals surface area contributed by atoms with E-state index in [9.17, 15) is 10.4 Å². The fraction of sp³-hybridized carbons (Fsp3) is 0.923. The van der Waals surface area contributed by atoms with E-state index in [1.807, 2.05) is 0 Å². The molecule has 0 aromatic heterocycles. The molecule has 0 amide bonds. The number of hydrogen-bond donors (Lipinski definition) is 1. The van der Waals surface area contributed by atoms with Gasteiger partial charge in [-0.05, 0) is 25.7 Å². The van der Waals surface area contributed by atoms with Gasteiger partial charge in [0, 0.05) is 7.11 Å². The van der Waals surface area contributed by atoms with Crippen molar-refractivity contribution < 1.29 is 9.84 Å². The summed E-state index contributed by atoms with van der Waals surface area (Å²) in [6.45, 7) is 0. The number of nitrogens with zero attached hydrogens (tertiary/aromatic N) is 1. The van der Waals surface area contributed by atoms with Gasteiger partial charge < -0.3 is 9.84 Å². The molecule has 2 aliphatic rings. The summed E-state index contributed by atoms with van der Waals surface area (Å²) in [6, 6.07) is 2.42. The molecule has 90 valence electrons. The van der Waals surface area contributed by atoms with E-state index in [4.69, 9.17) is 4.74 Å². The Kier molecular flexibility index (Phi) is 3.23. The molecule has 2 unspecified atom stereocenters. The van der Waals surface area contributed by atoms with Crippen LogP contribution in [0.2, 0.25) is 0 Å². The minimum absolute atomic E-state index is 0.154. The van der Waals surface area contributed by atoms with Crippen LogP contribution in [-0.4, -0.2) is 23.9 Å². The lowest BCUT2D eigenvalue weighted by atomic mass is 9.63. The summed E-state index contributed by atoms with van der Waals surface area (Å²) in [5, 5.41) is 20.4. The summed E-state index contributed by atoms with van der Waals surface area (Å²) >= 11 is 0. The van der Waals surface area contributed by atoms with Crippen LogP contribution in [-0.2, 0) is 4.74 Å². The summed E-state index contributed by atoms with van der Waals surface area (Å²) in [4.78, 5) is 0. The molecule has 0 radical (unpaired) electrons. The van der Waals surface area contributed by atoms with E-state index in [-0.39, 0.29) is 6.10 Å². The number of nitriles is 1. The average Bonchev–Trinajstić information content (AvgIpc) is 2.80. The molecule has 0 aliphatic heterocycles. The van der Waals surface area contributed by atoms with Crippen molar-refractivity contribution in [3.8, 4) is 6.07 Å². The standard InChI is InChI=1S/C13H21NO2/c1-16-11-6-2-3-9-13(11,15)12(10-14)7-4-5-8-12/h11,15H,2-9H2,1H3. The molecule has 16 heavy (non-hydrogen) atoms. The molecule has 2 aliphatic carbocycles. The average molecular weight is 223 g/mol. The first-order valence-corrected chi connectivity index (χ1v) is 6.35. The van der Waals surface area contributed by atoms with E-state index in [0.29, 0.717) is 0 Å². The predicted octanol–water partition coefficient (Wildman–Crippen LogP) is 2.39. The number of methoxy groups -OCH3 is 1. The van der Waals surface area contributed by atoms with Gasteiger partial charge in [-0.15, -0.1) is 0 Å². The summed E-state index contributed by atoms with van der Waals surface area (Å²) < 4.78 is 5.44. The van der Waals surface area contributed by atoms with Crippen LogP contribution in [0.1, 0.15) is 51.4 Å². The molecule has 0 aromatic carbocycles. The topological polar surface area (TPSA) is 53.2 Å². The highest BCUT2D eigenvalue weighted by atomic mass is 16.5. The molecule has 2 fully saturated rings. The fourth-order valence-electron chi connectivity index (χ4n) is 3.60. The number of aliphatic hydroxyl groups is 1. The Morgan fingerprint density at radius 3 is 2.38 bits per heavy atom. The van der Waals surface area contributed by atoms with Gasteiger partial charge in [0.1, 0.15) is 5.60 Å². The third kappa shape index (κ3) is 1.56. The third-order valence-electron chi connectivity index (χ3n) is 4.59. The van der Waals surface area contributed by atoms with Gasteiger partial charge in [-0.3, -0.25) is 0 Å². The van der Waals surface area contributed by atoms with E-state index in [2.05, 4.69) is 6.07 Å². The molecule has 2 atom stereocenters. The lowest BCUT2D eigenvalue weighted by Crippen LogP contribution is -2.57. The van der Waals surface area contributed by atoms with Crippen molar-refractivity contribution in [3.05, 3.63) is 0 Å². The van der Waals surface area contributed by atoms with Crippen LogP contribution in [0.15, 0.2) is 0 Å². The largest absolute Gasteiger partial charge is 0.386 e. The van der Waals surface area contributed by atoms with Crippen molar-refractivity contribution in [1.29, 1.82) is 5.26 Å². The van der Waals surface area contributed by atoms with Crippen molar-refractivity contribution in [1.82, 2.24) is 0 Å². The van der Waals surface area contributed by atoms with Crippen molar-refractivity contribution in [2.75, 3.05) is 7.11 Å². The smallest absolute Gasteiger partial charge is 0.109 e. The van der Waals surface area contributed by atoms with Crippen LogP contribution in [0.4, 0.5) is 0 Å². The molecule has 0 heterocycles. The summed E-state index contributed by atoms with van der Waals surface area (Å²) in [6.07, 6.45) is 7.36. The fourth-order valence-corrected chi connectivity index (χ4v) is 3.60. The summed E-state index contributed by atoms with van der Waals surface area (Å²) in [7, 11) is 1.65. The Morgan fingerprint density at radius 1 is 1.19 bits per heavy atom. The van der Waals surface area contributed by atoms with E-state index >= 15 is 0 Å². The lowest BCUT2D eigenvalue weighted by molar-refractivity contribution is -0.169. The second-order valence-corrected chi connectivity index (χ2v) is 5.30. The second-order valence-electron chi connectivity index (χ2n) is 5.30. The Morgan fingerprint density at radius 2 is 1.81 bits per heavy atom. The predicted molar refractivity (Wildman–Crippen MR) is 60.7 cm³/mol. The van der Waals surface area contributed by atoms with Gasteiger partial charge in [0.25, 0.3) is 0 Å². The highest BCUT2D eigenvalue weighted by Gasteiger charge is 2.57. The Balaban J connectivity index is 2.30. The normalized spacial score (nSPS) is 38.2. The van der Waals surface area contributed by atoms with Crippen LogP contribution in [0, 0.1) is 16.7 Å². The van der Waals surface area contributed by atoms with E-state index in [1.54, 1.807) is 7.11 Å². The van der Waals surface area contributed by atoms with Gasteiger partial charge >= 0.3 is 0 Å². The van der Waals surface area contributed by atoms with Gasteiger partial charge in [0.15, 0.2) is 0 Å². The molecule has 1 N–H and O–H groups in total. The van der Waals surface area contributed by atoms with Crippen molar-refractivity contribution >= 4 is 0 Å². The maximum absolute atomic E-state index is 10.9. The van der Waals surface area contributed by atoms with Crippen molar-refractivity contribution in [3.63, 3.8) is 0 Å². The summed E-state index contributed by atoms with van der Waals surface area (Å²) in [5.74, 6) is 0. The van der Waals surface area contributed by atoms with Gasteiger partial charge in [0.05, 0.1) is 17.6 Å². The maximum Gasteiger partial charge on any atom is 0.109 e. The first-order chi connectivity index (χ1) is 7.68. The van der Waals surface area contributed by atoms with E-state index < -0.39 is 11.0 Å². The molecule has 0 spiro atoms. The molecular weight excluding hydrogens is 202 g/mol. The van der Waals surface area contributed by atoms with Gasteiger partial charge in [0.2, 0.25) is 0 Å². The Labute approximate surface area is 97.4 Å². The third-order valence-corrected chi connectivity index (χ3v) is 4.59. The number of rotatable bonds is 2. The Bertz CT molecular complexity index is 291. The highest BCUT2D eigenvalue weighted by molar-refractivity contribution is 5.17. The first-order valence-electron chi connectivity index (χ1n) is 6.35. The van der Waals surface area contributed by atoms with Crippen molar-refractivity contribution in [2.24, 2.45) is 5.41 Å². The maximum atomic E-state index is 10.9. The van der Waals surface area contributed by atoms with E-state index in [0.717, 1.165) is 51.4 Å².